The molecule has 2 aliphatic rings. The van der Waals surface area contributed by atoms with Gasteiger partial charge in [0.25, 0.3) is 0 Å². The molecule has 1 fully saturated rings. The Morgan fingerprint density at radius 3 is 2.95 bits per heavy atom. The molecule has 0 bridgehead atoms. The van der Waals surface area contributed by atoms with E-state index < -0.39 is 0 Å². The van der Waals surface area contributed by atoms with Gasteiger partial charge in [-0.15, -0.1) is 0 Å². The van der Waals surface area contributed by atoms with E-state index in [1.54, 1.807) is 0 Å². The molecule has 2 unspecified atom stereocenters. The van der Waals surface area contributed by atoms with Crippen molar-refractivity contribution in [3.05, 3.63) is 29.8 Å². The first-order valence-electron chi connectivity index (χ1n) is 6.99. The predicted octanol–water partition coefficient (Wildman–Crippen LogP) is 1.23. The Balaban J connectivity index is 1.42. The number of carbonyl (C=O) groups excluding carboxylic acids is 1. The van der Waals surface area contributed by atoms with Gasteiger partial charge in [0.2, 0.25) is 5.91 Å². The lowest BCUT2D eigenvalue weighted by molar-refractivity contribution is -0.121. The van der Waals surface area contributed by atoms with Crippen LogP contribution in [0.25, 0.3) is 0 Å². The second-order valence-electron chi connectivity index (χ2n) is 5.56. The molecule has 0 saturated heterocycles. The van der Waals surface area contributed by atoms with Crippen LogP contribution in [0, 0.1) is 5.92 Å². The summed E-state index contributed by atoms with van der Waals surface area (Å²) < 4.78 is 5.78. The van der Waals surface area contributed by atoms with Crippen molar-refractivity contribution in [2.75, 3.05) is 6.54 Å². The molecule has 0 spiro atoms. The molecule has 4 nitrogen and oxygen atoms in total. The van der Waals surface area contributed by atoms with E-state index in [4.69, 9.17) is 10.5 Å². The maximum Gasteiger partial charge on any atom is 0.221 e. The maximum absolute atomic E-state index is 11.8. The van der Waals surface area contributed by atoms with Crippen molar-refractivity contribution in [3.63, 3.8) is 0 Å². The first kappa shape index (κ1) is 12.5. The SMILES string of the molecule is NC(CC(=O)NCC1Cc2ccccc2O1)C1CC1. The molecule has 1 aliphatic carbocycles. The smallest absolute Gasteiger partial charge is 0.221 e. The standard InChI is InChI=1S/C15H20N2O2/c16-13(10-5-6-10)8-15(18)17-9-12-7-11-3-1-2-4-14(11)19-12/h1-4,10,12-13H,5-9,16H2,(H,17,18). The van der Waals surface area contributed by atoms with Crippen LogP contribution in [0.15, 0.2) is 24.3 Å². The molecule has 102 valence electrons. The van der Waals surface area contributed by atoms with Crippen LogP contribution in [0.4, 0.5) is 0 Å². The zero-order valence-corrected chi connectivity index (χ0v) is 11.0. The maximum atomic E-state index is 11.8. The number of para-hydroxylation sites is 1. The zero-order chi connectivity index (χ0) is 13.2. The van der Waals surface area contributed by atoms with Gasteiger partial charge < -0.3 is 15.8 Å². The summed E-state index contributed by atoms with van der Waals surface area (Å²) in [6, 6.07) is 8.05. The van der Waals surface area contributed by atoms with E-state index in [1.807, 2.05) is 18.2 Å². The lowest BCUT2D eigenvalue weighted by Crippen LogP contribution is -2.38. The Bertz CT molecular complexity index is 446. The molecule has 0 radical (unpaired) electrons. The van der Waals surface area contributed by atoms with Crippen molar-refractivity contribution in [1.82, 2.24) is 5.32 Å². The Hall–Kier alpha value is -1.55. The van der Waals surface area contributed by atoms with Crippen LogP contribution in [0.2, 0.25) is 0 Å². The van der Waals surface area contributed by atoms with E-state index in [0.29, 0.717) is 18.9 Å². The van der Waals surface area contributed by atoms with Gasteiger partial charge in [0, 0.05) is 18.9 Å². The topological polar surface area (TPSA) is 64.4 Å². The summed E-state index contributed by atoms with van der Waals surface area (Å²) in [5.74, 6) is 1.55. The minimum Gasteiger partial charge on any atom is -0.488 e. The molecular weight excluding hydrogens is 240 g/mol. The number of rotatable bonds is 5. The third-order valence-electron chi connectivity index (χ3n) is 3.89. The van der Waals surface area contributed by atoms with Crippen LogP contribution in [-0.4, -0.2) is 24.6 Å². The van der Waals surface area contributed by atoms with Crippen molar-refractivity contribution in [2.24, 2.45) is 11.7 Å². The molecule has 2 atom stereocenters. The third kappa shape index (κ3) is 3.07. The summed E-state index contributed by atoms with van der Waals surface area (Å²) in [7, 11) is 0. The van der Waals surface area contributed by atoms with Crippen molar-refractivity contribution < 1.29 is 9.53 Å². The van der Waals surface area contributed by atoms with Crippen LogP contribution < -0.4 is 15.8 Å². The van der Waals surface area contributed by atoms with Gasteiger partial charge in [0.05, 0.1) is 6.54 Å². The number of fused-ring (bicyclic) bond motifs is 1. The number of ether oxygens (including phenoxy) is 1. The fourth-order valence-electron chi connectivity index (χ4n) is 2.57. The van der Waals surface area contributed by atoms with Crippen molar-refractivity contribution in [1.29, 1.82) is 0 Å². The van der Waals surface area contributed by atoms with Crippen molar-refractivity contribution in [2.45, 2.75) is 37.8 Å². The molecule has 19 heavy (non-hydrogen) atoms. The summed E-state index contributed by atoms with van der Waals surface area (Å²) in [4.78, 5) is 11.8. The molecule has 1 saturated carbocycles. The number of nitrogens with one attached hydrogen (secondary N) is 1. The normalized spacial score (nSPS) is 22.5. The number of nitrogens with two attached hydrogens (primary N) is 1. The van der Waals surface area contributed by atoms with Crippen LogP contribution in [-0.2, 0) is 11.2 Å². The van der Waals surface area contributed by atoms with E-state index in [1.165, 1.54) is 18.4 Å². The van der Waals surface area contributed by atoms with Gasteiger partial charge in [-0.2, -0.15) is 0 Å². The summed E-state index contributed by atoms with van der Waals surface area (Å²) in [5, 5.41) is 2.93. The molecule has 0 aromatic heterocycles. The quantitative estimate of drug-likeness (QED) is 0.837. The lowest BCUT2D eigenvalue weighted by atomic mass is 10.1. The largest absolute Gasteiger partial charge is 0.488 e. The van der Waals surface area contributed by atoms with Gasteiger partial charge in [-0.05, 0) is 30.4 Å². The zero-order valence-electron chi connectivity index (χ0n) is 11.0. The highest BCUT2D eigenvalue weighted by Gasteiger charge is 2.30. The van der Waals surface area contributed by atoms with Gasteiger partial charge in [0.1, 0.15) is 11.9 Å². The van der Waals surface area contributed by atoms with Crippen molar-refractivity contribution >= 4 is 5.91 Å². The highest BCUT2D eigenvalue weighted by molar-refractivity contribution is 5.76. The number of benzene rings is 1. The van der Waals surface area contributed by atoms with E-state index in [9.17, 15) is 4.79 Å². The van der Waals surface area contributed by atoms with Gasteiger partial charge in [-0.3, -0.25) is 4.79 Å². The monoisotopic (exact) mass is 260 g/mol. The van der Waals surface area contributed by atoms with Gasteiger partial charge >= 0.3 is 0 Å². The Morgan fingerprint density at radius 2 is 2.21 bits per heavy atom. The number of amides is 1. The van der Waals surface area contributed by atoms with Crippen molar-refractivity contribution in [3.8, 4) is 5.75 Å². The first-order valence-corrected chi connectivity index (χ1v) is 6.99. The van der Waals surface area contributed by atoms with E-state index >= 15 is 0 Å². The molecular formula is C15H20N2O2. The van der Waals surface area contributed by atoms with Crippen LogP contribution in [0.1, 0.15) is 24.8 Å². The molecule has 1 aromatic carbocycles. The number of hydrogen-bond donors (Lipinski definition) is 2. The highest BCUT2D eigenvalue weighted by atomic mass is 16.5. The van der Waals surface area contributed by atoms with Gasteiger partial charge in [0.15, 0.2) is 0 Å². The Labute approximate surface area is 113 Å². The molecule has 1 amide bonds. The summed E-state index contributed by atoms with van der Waals surface area (Å²) in [6.45, 7) is 0.560. The molecule has 1 aromatic rings. The summed E-state index contributed by atoms with van der Waals surface area (Å²) in [6.07, 6.45) is 3.71. The minimum atomic E-state index is 0.0293. The molecule has 1 aliphatic heterocycles. The fourth-order valence-corrected chi connectivity index (χ4v) is 2.57. The van der Waals surface area contributed by atoms with Crippen LogP contribution in [0.5, 0.6) is 5.75 Å². The number of carbonyl (C=O) groups is 1. The second kappa shape index (κ2) is 5.21. The van der Waals surface area contributed by atoms with E-state index in [2.05, 4.69) is 11.4 Å². The average molecular weight is 260 g/mol. The molecule has 4 heteroatoms. The molecule has 3 N–H and O–H groups in total. The van der Waals surface area contributed by atoms with Crippen LogP contribution >= 0.6 is 0 Å². The van der Waals surface area contributed by atoms with Gasteiger partial charge in [-0.25, -0.2) is 0 Å². The summed E-state index contributed by atoms with van der Waals surface area (Å²) >= 11 is 0. The lowest BCUT2D eigenvalue weighted by Gasteiger charge is -2.14. The minimum absolute atomic E-state index is 0.0293. The van der Waals surface area contributed by atoms with E-state index in [-0.39, 0.29) is 18.1 Å². The summed E-state index contributed by atoms with van der Waals surface area (Å²) in [5.41, 5.74) is 7.16. The van der Waals surface area contributed by atoms with Crippen LogP contribution in [0.3, 0.4) is 0 Å². The second-order valence-corrected chi connectivity index (χ2v) is 5.56. The number of hydrogen-bond acceptors (Lipinski definition) is 3. The molecule has 1 heterocycles. The van der Waals surface area contributed by atoms with E-state index in [0.717, 1.165) is 12.2 Å². The molecule has 3 rings (SSSR count). The predicted molar refractivity (Wildman–Crippen MR) is 72.9 cm³/mol. The Morgan fingerprint density at radius 1 is 1.42 bits per heavy atom. The third-order valence-corrected chi connectivity index (χ3v) is 3.89. The first-order chi connectivity index (χ1) is 9.22. The Kier molecular flexibility index (Phi) is 3.42. The fraction of sp³-hybridized carbons (Fsp3) is 0.533. The van der Waals surface area contributed by atoms with Gasteiger partial charge in [-0.1, -0.05) is 18.2 Å². The average Bonchev–Trinajstić information content (AvgIpc) is 3.16. The highest BCUT2D eigenvalue weighted by Crippen LogP contribution is 2.32.